The van der Waals surface area contributed by atoms with Gasteiger partial charge in [0.1, 0.15) is 0 Å². The van der Waals surface area contributed by atoms with E-state index in [1.54, 1.807) is 0 Å². The van der Waals surface area contributed by atoms with Gasteiger partial charge >= 0.3 is 0 Å². The Morgan fingerprint density at radius 3 is 2.53 bits per heavy atom. The third-order valence-electron chi connectivity index (χ3n) is 5.66. The fourth-order valence-corrected chi connectivity index (χ4v) is 3.88. The molecule has 0 aliphatic carbocycles. The second kappa shape index (κ2) is 14.6. The first kappa shape index (κ1) is 26.7. The number of halogens is 1. The number of benzene rings is 1. The monoisotopic (exact) mass is 529 g/mol. The average Bonchev–Trinajstić information content (AvgIpc) is 3.09. The molecule has 0 saturated carbocycles. The van der Waals surface area contributed by atoms with E-state index in [0.717, 1.165) is 58.2 Å². The maximum absolute atomic E-state index is 12.4. The van der Waals surface area contributed by atoms with E-state index in [4.69, 9.17) is 4.99 Å². The molecule has 1 aromatic rings. The van der Waals surface area contributed by atoms with Crippen LogP contribution in [0.15, 0.2) is 35.3 Å². The van der Waals surface area contributed by atoms with Gasteiger partial charge in [0.25, 0.3) is 0 Å². The van der Waals surface area contributed by atoms with E-state index in [-0.39, 0.29) is 29.9 Å². The average molecular weight is 530 g/mol. The molecule has 1 heterocycles. The lowest BCUT2D eigenvalue weighted by atomic mass is 10.1. The first-order valence-corrected chi connectivity index (χ1v) is 11.1. The van der Waals surface area contributed by atoms with Crippen LogP contribution in [0.4, 0.5) is 0 Å². The lowest BCUT2D eigenvalue weighted by Gasteiger charge is -2.25. The second-order valence-electron chi connectivity index (χ2n) is 7.82. The van der Waals surface area contributed by atoms with E-state index < -0.39 is 0 Å². The van der Waals surface area contributed by atoms with Crippen molar-refractivity contribution in [3.8, 4) is 0 Å². The number of nitrogens with one attached hydrogen (secondary N) is 2. The minimum atomic E-state index is 0. The Balaban J connectivity index is 0.00000450. The van der Waals surface area contributed by atoms with Crippen molar-refractivity contribution < 1.29 is 4.79 Å². The van der Waals surface area contributed by atoms with Gasteiger partial charge in [0.05, 0.1) is 6.54 Å². The largest absolute Gasteiger partial charge is 0.357 e. The summed E-state index contributed by atoms with van der Waals surface area (Å²) in [6.45, 7) is 14.8. The van der Waals surface area contributed by atoms with Crippen LogP contribution >= 0.6 is 24.0 Å². The molecule has 0 aromatic heterocycles. The zero-order valence-electron chi connectivity index (χ0n) is 19.1. The van der Waals surface area contributed by atoms with Crippen LogP contribution in [-0.4, -0.2) is 73.5 Å². The molecule has 2 unspecified atom stereocenters. The van der Waals surface area contributed by atoms with Crippen LogP contribution in [0.2, 0.25) is 0 Å². The van der Waals surface area contributed by atoms with Crippen LogP contribution in [0, 0.1) is 5.92 Å². The summed E-state index contributed by atoms with van der Waals surface area (Å²) in [5, 5.41) is 6.78. The van der Waals surface area contributed by atoms with Crippen molar-refractivity contribution in [1.82, 2.24) is 20.4 Å². The molecule has 170 valence electrons. The molecule has 2 rings (SSSR count). The first-order chi connectivity index (χ1) is 14.1. The molecule has 30 heavy (non-hydrogen) atoms. The Morgan fingerprint density at radius 2 is 1.90 bits per heavy atom. The summed E-state index contributed by atoms with van der Waals surface area (Å²) in [6, 6.07) is 10.8. The fourth-order valence-electron chi connectivity index (χ4n) is 3.88. The maximum Gasteiger partial charge on any atom is 0.223 e. The molecule has 0 radical (unpaired) electrons. The maximum atomic E-state index is 12.4. The van der Waals surface area contributed by atoms with Crippen molar-refractivity contribution >= 4 is 35.8 Å². The molecule has 6 nitrogen and oxygen atoms in total. The number of guanidine groups is 1. The van der Waals surface area contributed by atoms with Gasteiger partial charge in [0.2, 0.25) is 5.91 Å². The molecular formula is C23H40IN5O. The van der Waals surface area contributed by atoms with Crippen LogP contribution < -0.4 is 10.6 Å². The predicted octanol–water partition coefficient (Wildman–Crippen LogP) is 2.98. The minimum absolute atomic E-state index is 0. The lowest BCUT2D eigenvalue weighted by Crippen LogP contribution is -2.42. The first-order valence-electron chi connectivity index (χ1n) is 11.1. The Kier molecular flexibility index (Phi) is 13.0. The predicted molar refractivity (Wildman–Crippen MR) is 137 cm³/mol. The highest BCUT2D eigenvalue weighted by molar-refractivity contribution is 14.0. The Morgan fingerprint density at radius 1 is 1.20 bits per heavy atom. The summed E-state index contributed by atoms with van der Waals surface area (Å²) in [4.78, 5) is 21.6. The number of rotatable bonds is 11. The van der Waals surface area contributed by atoms with Crippen molar-refractivity contribution in [2.45, 2.75) is 46.6 Å². The van der Waals surface area contributed by atoms with E-state index >= 15 is 0 Å². The summed E-state index contributed by atoms with van der Waals surface area (Å²) in [5.74, 6) is 1.45. The molecule has 0 spiro atoms. The number of likely N-dealkylation sites (tertiary alicyclic amines) is 1. The summed E-state index contributed by atoms with van der Waals surface area (Å²) < 4.78 is 0. The number of hydrogen-bond donors (Lipinski definition) is 2. The van der Waals surface area contributed by atoms with Crippen molar-refractivity contribution in [2.75, 3.05) is 45.8 Å². The molecule has 1 fully saturated rings. The highest BCUT2D eigenvalue weighted by atomic mass is 127. The molecule has 1 aliphatic rings. The number of aliphatic imine (C=N–C) groups is 1. The van der Waals surface area contributed by atoms with Crippen LogP contribution in [0.1, 0.15) is 39.7 Å². The molecular weight excluding hydrogens is 489 g/mol. The number of amides is 1. The Hall–Kier alpha value is -1.35. The van der Waals surface area contributed by atoms with Gasteiger partial charge in [-0.3, -0.25) is 14.7 Å². The van der Waals surface area contributed by atoms with Gasteiger partial charge in [0.15, 0.2) is 5.96 Å². The molecule has 2 atom stereocenters. The van der Waals surface area contributed by atoms with Gasteiger partial charge in [-0.25, -0.2) is 0 Å². The van der Waals surface area contributed by atoms with Crippen molar-refractivity contribution in [3.05, 3.63) is 35.9 Å². The summed E-state index contributed by atoms with van der Waals surface area (Å²) >= 11 is 0. The smallest absolute Gasteiger partial charge is 0.223 e. The standard InChI is InChI=1S/C23H39N5O.HI/c1-5-24-23(25-16-19(4)27(6-2)7-3)26-17-21-15-22(29)28(18-21)14-13-20-11-9-8-10-12-20;/h8-12,19,21H,5-7,13-18H2,1-4H3,(H2,24,25,26);1H. The van der Waals surface area contributed by atoms with Gasteiger partial charge in [-0.2, -0.15) is 0 Å². The highest BCUT2D eigenvalue weighted by Gasteiger charge is 2.29. The second-order valence-corrected chi connectivity index (χ2v) is 7.82. The fraction of sp³-hybridized carbons (Fsp3) is 0.652. The summed E-state index contributed by atoms with van der Waals surface area (Å²) in [6.07, 6.45) is 1.54. The zero-order valence-corrected chi connectivity index (χ0v) is 21.4. The number of carbonyl (C=O) groups is 1. The molecule has 1 amide bonds. The molecule has 1 aliphatic heterocycles. The topological polar surface area (TPSA) is 60.0 Å². The number of likely N-dealkylation sites (N-methyl/N-ethyl adjacent to an activating group) is 1. The summed E-state index contributed by atoms with van der Waals surface area (Å²) in [5.41, 5.74) is 1.28. The van der Waals surface area contributed by atoms with Crippen molar-refractivity contribution in [2.24, 2.45) is 10.9 Å². The quantitative estimate of drug-likeness (QED) is 0.263. The number of nitrogens with zero attached hydrogens (tertiary/aromatic N) is 3. The Bertz CT molecular complexity index is 636. The van der Waals surface area contributed by atoms with Crippen molar-refractivity contribution in [1.29, 1.82) is 0 Å². The number of carbonyl (C=O) groups excluding carboxylic acids is 1. The van der Waals surface area contributed by atoms with Crippen LogP contribution in [0.3, 0.4) is 0 Å². The molecule has 1 saturated heterocycles. The van der Waals surface area contributed by atoms with E-state index in [9.17, 15) is 4.79 Å². The number of hydrogen-bond acceptors (Lipinski definition) is 3. The van der Waals surface area contributed by atoms with Gasteiger partial charge in [-0.05, 0) is 38.9 Å². The van der Waals surface area contributed by atoms with Crippen molar-refractivity contribution in [3.63, 3.8) is 0 Å². The Labute approximate surface area is 199 Å². The van der Waals surface area contributed by atoms with Crippen LogP contribution in [-0.2, 0) is 11.2 Å². The van der Waals surface area contributed by atoms with E-state index in [1.165, 1.54) is 5.56 Å². The van der Waals surface area contributed by atoms with E-state index in [1.807, 2.05) is 11.0 Å². The molecule has 1 aromatic carbocycles. The minimum Gasteiger partial charge on any atom is -0.357 e. The van der Waals surface area contributed by atoms with Crippen LogP contribution in [0.25, 0.3) is 0 Å². The van der Waals surface area contributed by atoms with E-state index in [2.05, 4.69) is 67.5 Å². The van der Waals surface area contributed by atoms with E-state index in [0.29, 0.717) is 18.4 Å². The van der Waals surface area contributed by atoms with Gasteiger partial charge in [-0.1, -0.05) is 44.2 Å². The third kappa shape index (κ3) is 8.79. The molecule has 0 bridgehead atoms. The normalized spacial score (nSPS) is 17.8. The van der Waals surface area contributed by atoms with Crippen LogP contribution in [0.5, 0.6) is 0 Å². The van der Waals surface area contributed by atoms with Gasteiger partial charge < -0.3 is 15.5 Å². The zero-order chi connectivity index (χ0) is 21.1. The summed E-state index contributed by atoms with van der Waals surface area (Å²) in [7, 11) is 0. The SMILES string of the molecule is CCNC(=NCC(C)N(CC)CC)NCC1CC(=O)N(CCc2ccccc2)C1.I. The third-order valence-corrected chi connectivity index (χ3v) is 5.66. The highest BCUT2D eigenvalue weighted by Crippen LogP contribution is 2.17. The van der Waals surface area contributed by atoms with Gasteiger partial charge in [-0.15, -0.1) is 24.0 Å². The van der Waals surface area contributed by atoms with Gasteiger partial charge in [0, 0.05) is 44.6 Å². The lowest BCUT2D eigenvalue weighted by molar-refractivity contribution is -0.127. The molecule has 7 heteroatoms. The molecule has 2 N–H and O–H groups in total.